The number of primary amides is 1. The van der Waals surface area contributed by atoms with Crippen LogP contribution in [0.4, 0.5) is 42.4 Å². The Morgan fingerprint density at radius 3 is 2.57 bits per heavy atom. The molecule has 202 valence electrons. The Balaban J connectivity index is 1.49. The van der Waals surface area contributed by atoms with Crippen molar-refractivity contribution >= 4 is 17.5 Å². The molecule has 3 N–H and O–H groups in total. The fourth-order valence-corrected chi connectivity index (χ4v) is 4.88. The SMILES string of the molecule is NC(=O)CN1CC[C@H](CNc2ncnc(N3CCC[C@@H]3c3ccc(C(F)(F)F)cc3F)c2F)C(F)(F)C1. The molecule has 0 spiro atoms. The van der Waals surface area contributed by atoms with E-state index in [1.54, 1.807) is 0 Å². The van der Waals surface area contributed by atoms with Gasteiger partial charge in [0.15, 0.2) is 11.6 Å². The second-order valence-electron chi connectivity index (χ2n) is 9.25. The summed E-state index contributed by atoms with van der Waals surface area (Å²) in [6.45, 7) is -0.767. The molecule has 3 heterocycles. The van der Waals surface area contributed by atoms with Crippen molar-refractivity contribution in [2.45, 2.75) is 37.4 Å². The highest BCUT2D eigenvalue weighted by atomic mass is 19.4. The highest BCUT2D eigenvalue weighted by Gasteiger charge is 2.44. The molecule has 2 aliphatic rings. The predicted octanol–water partition coefficient (Wildman–Crippen LogP) is 3.97. The Labute approximate surface area is 207 Å². The molecular weight excluding hydrogens is 509 g/mol. The number of halogens is 7. The van der Waals surface area contributed by atoms with E-state index in [9.17, 15) is 31.1 Å². The van der Waals surface area contributed by atoms with E-state index in [0.717, 1.165) is 18.5 Å². The maximum absolute atomic E-state index is 15.4. The van der Waals surface area contributed by atoms with Crippen molar-refractivity contribution in [2.24, 2.45) is 11.7 Å². The van der Waals surface area contributed by atoms with Crippen molar-refractivity contribution in [3.63, 3.8) is 0 Å². The number of hydrogen-bond acceptors (Lipinski definition) is 6. The molecule has 2 atom stereocenters. The third-order valence-corrected chi connectivity index (χ3v) is 6.70. The topological polar surface area (TPSA) is 87.4 Å². The van der Waals surface area contributed by atoms with Gasteiger partial charge in [-0.3, -0.25) is 9.69 Å². The molecule has 4 rings (SSSR count). The van der Waals surface area contributed by atoms with Gasteiger partial charge >= 0.3 is 6.18 Å². The maximum Gasteiger partial charge on any atom is 0.416 e. The summed E-state index contributed by atoms with van der Waals surface area (Å²) < 4.78 is 98.0. The number of carbonyl (C=O) groups excluding carboxylic acids is 1. The number of likely N-dealkylation sites (tertiary alicyclic amines) is 1. The lowest BCUT2D eigenvalue weighted by molar-refractivity contribution is -0.137. The largest absolute Gasteiger partial charge is 0.416 e. The second kappa shape index (κ2) is 10.3. The highest BCUT2D eigenvalue weighted by molar-refractivity contribution is 5.75. The van der Waals surface area contributed by atoms with Crippen molar-refractivity contribution < 1.29 is 35.5 Å². The zero-order chi connectivity index (χ0) is 27.0. The summed E-state index contributed by atoms with van der Waals surface area (Å²) in [6, 6.07) is 1.45. The molecule has 2 aliphatic heterocycles. The van der Waals surface area contributed by atoms with Crippen LogP contribution in [0.25, 0.3) is 0 Å². The fraction of sp³-hybridized carbons (Fsp3) is 0.522. The van der Waals surface area contributed by atoms with Crippen LogP contribution in [0.2, 0.25) is 0 Å². The summed E-state index contributed by atoms with van der Waals surface area (Å²) in [5.74, 6) is -7.55. The van der Waals surface area contributed by atoms with E-state index in [2.05, 4.69) is 15.3 Å². The highest BCUT2D eigenvalue weighted by Crippen LogP contribution is 2.40. The van der Waals surface area contributed by atoms with E-state index in [-0.39, 0.29) is 49.8 Å². The minimum atomic E-state index is -4.71. The lowest BCUT2D eigenvalue weighted by Crippen LogP contribution is -2.52. The average molecular weight is 534 g/mol. The summed E-state index contributed by atoms with van der Waals surface area (Å²) in [4.78, 5) is 21.5. The van der Waals surface area contributed by atoms with Gasteiger partial charge in [0.1, 0.15) is 12.1 Å². The van der Waals surface area contributed by atoms with Gasteiger partial charge in [0.05, 0.1) is 24.7 Å². The molecule has 1 aromatic carbocycles. The lowest BCUT2D eigenvalue weighted by Gasteiger charge is -2.38. The maximum atomic E-state index is 15.4. The molecule has 0 unspecified atom stereocenters. The third kappa shape index (κ3) is 5.89. The second-order valence-corrected chi connectivity index (χ2v) is 9.25. The van der Waals surface area contributed by atoms with Crippen LogP contribution in [0, 0.1) is 17.6 Å². The molecule has 37 heavy (non-hydrogen) atoms. The summed E-state index contributed by atoms with van der Waals surface area (Å²) in [6.07, 6.45) is -2.78. The van der Waals surface area contributed by atoms with E-state index in [4.69, 9.17) is 5.73 Å². The average Bonchev–Trinajstić information content (AvgIpc) is 3.27. The smallest absolute Gasteiger partial charge is 0.369 e. The number of nitrogens with two attached hydrogens (primary N) is 1. The van der Waals surface area contributed by atoms with Gasteiger partial charge in [-0.2, -0.15) is 17.6 Å². The van der Waals surface area contributed by atoms with Gasteiger partial charge in [0, 0.05) is 24.6 Å². The first-order valence-corrected chi connectivity index (χ1v) is 11.6. The standard InChI is InChI=1S/C23H25F7N6O/c24-16-8-13(23(28,29)30)3-4-15(16)17-2-1-6-36(17)21-19(25)20(33-12-34-21)32-9-14-5-7-35(10-18(31)37)11-22(14,26)27/h3-4,8,12,14,17H,1-2,5-7,9-11H2,(H2,31,37)(H,32,33,34)/t14-,17-/m1/s1. The molecule has 2 aromatic rings. The van der Waals surface area contributed by atoms with Gasteiger partial charge in [0.2, 0.25) is 11.7 Å². The summed E-state index contributed by atoms with van der Waals surface area (Å²) in [5.41, 5.74) is 3.92. The van der Waals surface area contributed by atoms with Crippen molar-refractivity contribution in [3.8, 4) is 0 Å². The van der Waals surface area contributed by atoms with Gasteiger partial charge in [0.25, 0.3) is 5.92 Å². The van der Waals surface area contributed by atoms with Crippen LogP contribution in [0.3, 0.4) is 0 Å². The minimum Gasteiger partial charge on any atom is -0.369 e. The van der Waals surface area contributed by atoms with Crippen molar-refractivity contribution in [1.82, 2.24) is 14.9 Å². The summed E-state index contributed by atoms with van der Waals surface area (Å²) in [7, 11) is 0. The fourth-order valence-electron chi connectivity index (χ4n) is 4.88. The molecule has 1 amide bonds. The van der Waals surface area contributed by atoms with Crippen LogP contribution >= 0.6 is 0 Å². The van der Waals surface area contributed by atoms with Crippen molar-refractivity contribution in [2.75, 3.05) is 42.9 Å². The monoisotopic (exact) mass is 534 g/mol. The summed E-state index contributed by atoms with van der Waals surface area (Å²) >= 11 is 0. The first-order chi connectivity index (χ1) is 17.4. The van der Waals surface area contributed by atoms with Crippen LogP contribution in [-0.2, 0) is 11.0 Å². The molecule has 2 saturated heterocycles. The molecule has 0 saturated carbocycles. The van der Waals surface area contributed by atoms with E-state index in [1.165, 1.54) is 9.80 Å². The number of piperidine rings is 1. The molecule has 0 aliphatic carbocycles. The lowest BCUT2D eigenvalue weighted by atomic mass is 9.92. The van der Waals surface area contributed by atoms with Crippen LogP contribution in [-0.4, -0.2) is 59.4 Å². The zero-order valence-electron chi connectivity index (χ0n) is 19.5. The van der Waals surface area contributed by atoms with E-state index < -0.39 is 53.7 Å². The van der Waals surface area contributed by atoms with Gasteiger partial charge < -0.3 is 16.0 Å². The van der Waals surface area contributed by atoms with Gasteiger partial charge in [-0.25, -0.2) is 23.1 Å². The minimum absolute atomic E-state index is 0.0274. The number of carbonyl (C=O) groups is 1. The first kappa shape index (κ1) is 26.9. The van der Waals surface area contributed by atoms with Crippen LogP contribution < -0.4 is 16.0 Å². The normalized spacial score (nSPS) is 22.3. The Morgan fingerprint density at radius 1 is 1.16 bits per heavy atom. The van der Waals surface area contributed by atoms with Crippen LogP contribution in [0.15, 0.2) is 24.5 Å². The zero-order valence-corrected chi connectivity index (χ0v) is 19.5. The van der Waals surface area contributed by atoms with Crippen LogP contribution in [0.1, 0.15) is 36.4 Å². The van der Waals surface area contributed by atoms with Crippen molar-refractivity contribution in [1.29, 1.82) is 0 Å². The van der Waals surface area contributed by atoms with E-state index in [0.29, 0.717) is 18.9 Å². The van der Waals surface area contributed by atoms with E-state index in [1.807, 2.05) is 0 Å². The van der Waals surface area contributed by atoms with Gasteiger partial charge in [-0.05, 0) is 37.9 Å². The van der Waals surface area contributed by atoms with Gasteiger partial charge in [-0.1, -0.05) is 6.07 Å². The first-order valence-electron chi connectivity index (χ1n) is 11.6. The number of aromatic nitrogens is 2. The quantitative estimate of drug-likeness (QED) is 0.523. The molecule has 14 heteroatoms. The number of anilines is 2. The number of nitrogens with one attached hydrogen (secondary N) is 1. The number of alkyl halides is 5. The number of hydrogen-bond donors (Lipinski definition) is 2. The Kier molecular flexibility index (Phi) is 7.49. The predicted molar refractivity (Wildman–Crippen MR) is 120 cm³/mol. The third-order valence-electron chi connectivity index (χ3n) is 6.70. The van der Waals surface area contributed by atoms with Crippen LogP contribution in [0.5, 0.6) is 0 Å². The molecule has 7 nitrogen and oxygen atoms in total. The number of benzene rings is 1. The van der Waals surface area contributed by atoms with E-state index >= 15 is 4.39 Å². The van der Waals surface area contributed by atoms with Crippen molar-refractivity contribution in [3.05, 3.63) is 47.3 Å². The molecule has 0 bridgehead atoms. The number of rotatable bonds is 7. The number of nitrogens with zero attached hydrogens (tertiary/aromatic N) is 4. The molecule has 2 fully saturated rings. The molecular formula is C23H25F7N6O. The molecule has 1 aromatic heterocycles. The Bertz CT molecular complexity index is 1150. The Morgan fingerprint density at radius 2 is 1.92 bits per heavy atom. The molecule has 0 radical (unpaired) electrons. The number of amides is 1. The van der Waals surface area contributed by atoms with Gasteiger partial charge in [-0.15, -0.1) is 0 Å². The summed E-state index contributed by atoms with van der Waals surface area (Å²) in [5, 5.41) is 2.61. The Hall–Kier alpha value is -3.16.